The highest BCUT2D eigenvalue weighted by atomic mass is 16.1. The maximum atomic E-state index is 10.9. The van der Waals surface area contributed by atoms with Crippen molar-refractivity contribution in [2.75, 3.05) is 0 Å². The third-order valence-electron chi connectivity index (χ3n) is 1.86. The van der Waals surface area contributed by atoms with Crippen LogP contribution < -0.4 is 5.32 Å². The van der Waals surface area contributed by atoms with Crippen molar-refractivity contribution in [3.05, 3.63) is 0 Å². The number of Topliss-reactive ketones (excluding diaryl/α,β-unsaturated/α-hetero) is 1. The predicted octanol–water partition coefficient (Wildman–Crippen LogP) is 1.99. The summed E-state index contributed by atoms with van der Waals surface area (Å²) in [6.45, 7) is 10.1. The van der Waals surface area contributed by atoms with Crippen LogP contribution in [0.5, 0.6) is 0 Å². The molecule has 0 aromatic carbocycles. The standard InChI is InChI=1S/C10H21NO/c1-7(2)10(6-9(5)12)11-8(3)4/h7-8,10-11H,6H2,1-5H3/t10-/m1/s1. The normalized spacial score (nSPS) is 13.9. The minimum Gasteiger partial charge on any atom is -0.311 e. The van der Waals surface area contributed by atoms with Gasteiger partial charge in [0.25, 0.3) is 0 Å². The summed E-state index contributed by atoms with van der Waals surface area (Å²) in [4.78, 5) is 10.9. The van der Waals surface area contributed by atoms with Crippen LogP contribution in [-0.4, -0.2) is 17.9 Å². The van der Waals surface area contributed by atoms with Crippen molar-refractivity contribution >= 4 is 5.78 Å². The van der Waals surface area contributed by atoms with Gasteiger partial charge in [0, 0.05) is 18.5 Å². The van der Waals surface area contributed by atoms with E-state index in [1.54, 1.807) is 6.92 Å². The van der Waals surface area contributed by atoms with E-state index in [4.69, 9.17) is 0 Å². The molecular formula is C10H21NO. The second-order valence-corrected chi connectivity index (χ2v) is 4.08. The third kappa shape index (κ3) is 5.30. The molecule has 0 saturated carbocycles. The molecular weight excluding hydrogens is 150 g/mol. The summed E-state index contributed by atoms with van der Waals surface area (Å²) in [6, 6.07) is 0.791. The van der Waals surface area contributed by atoms with Gasteiger partial charge in [-0.15, -0.1) is 0 Å². The molecule has 0 bridgehead atoms. The topological polar surface area (TPSA) is 29.1 Å². The molecule has 0 heterocycles. The molecule has 0 unspecified atom stereocenters. The van der Waals surface area contributed by atoms with E-state index in [1.807, 2.05) is 0 Å². The summed E-state index contributed by atoms with van der Waals surface area (Å²) in [7, 11) is 0. The van der Waals surface area contributed by atoms with Gasteiger partial charge < -0.3 is 5.32 Å². The summed E-state index contributed by atoms with van der Waals surface area (Å²) in [5, 5.41) is 3.39. The molecule has 0 rings (SSSR count). The highest BCUT2D eigenvalue weighted by Gasteiger charge is 2.15. The lowest BCUT2D eigenvalue weighted by Gasteiger charge is -2.23. The van der Waals surface area contributed by atoms with E-state index in [9.17, 15) is 4.79 Å². The predicted molar refractivity (Wildman–Crippen MR) is 52.2 cm³/mol. The zero-order valence-corrected chi connectivity index (χ0v) is 8.85. The van der Waals surface area contributed by atoms with Crippen molar-refractivity contribution in [1.29, 1.82) is 0 Å². The van der Waals surface area contributed by atoms with Crippen molar-refractivity contribution in [1.82, 2.24) is 5.32 Å². The average molecular weight is 171 g/mol. The van der Waals surface area contributed by atoms with Gasteiger partial charge in [0.15, 0.2) is 0 Å². The van der Waals surface area contributed by atoms with E-state index in [0.29, 0.717) is 24.4 Å². The highest BCUT2D eigenvalue weighted by Crippen LogP contribution is 2.07. The van der Waals surface area contributed by atoms with E-state index in [0.717, 1.165) is 0 Å². The maximum absolute atomic E-state index is 10.9. The van der Waals surface area contributed by atoms with Gasteiger partial charge in [0.1, 0.15) is 5.78 Å². The van der Waals surface area contributed by atoms with Gasteiger partial charge >= 0.3 is 0 Å². The Morgan fingerprint density at radius 1 is 1.25 bits per heavy atom. The van der Waals surface area contributed by atoms with E-state index in [1.165, 1.54) is 0 Å². The Hall–Kier alpha value is -0.370. The molecule has 0 saturated heterocycles. The first-order valence-electron chi connectivity index (χ1n) is 4.69. The second-order valence-electron chi connectivity index (χ2n) is 4.08. The summed E-state index contributed by atoms with van der Waals surface area (Å²) >= 11 is 0. The molecule has 0 radical (unpaired) electrons. The number of rotatable bonds is 5. The summed E-state index contributed by atoms with van der Waals surface area (Å²) in [6.07, 6.45) is 0.649. The van der Waals surface area contributed by atoms with Gasteiger partial charge in [-0.3, -0.25) is 4.79 Å². The van der Waals surface area contributed by atoms with E-state index < -0.39 is 0 Å². The number of ketones is 1. The molecule has 0 aliphatic carbocycles. The minimum absolute atomic E-state index is 0.266. The quantitative estimate of drug-likeness (QED) is 0.685. The molecule has 2 nitrogen and oxygen atoms in total. The van der Waals surface area contributed by atoms with Crippen LogP contribution in [0.2, 0.25) is 0 Å². The number of carbonyl (C=O) groups excluding carboxylic acids is 1. The Bertz CT molecular complexity index is 141. The lowest BCUT2D eigenvalue weighted by atomic mass is 9.98. The van der Waals surface area contributed by atoms with Gasteiger partial charge in [-0.05, 0) is 12.8 Å². The molecule has 2 heteroatoms. The van der Waals surface area contributed by atoms with Gasteiger partial charge in [-0.1, -0.05) is 27.7 Å². The molecule has 0 aromatic rings. The highest BCUT2D eigenvalue weighted by molar-refractivity contribution is 5.76. The smallest absolute Gasteiger partial charge is 0.131 e. The lowest BCUT2D eigenvalue weighted by Crippen LogP contribution is -2.39. The SMILES string of the molecule is CC(=O)C[C@@H](NC(C)C)C(C)C. The summed E-state index contributed by atoms with van der Waals surface area (Å²) < 4.78 is 0. The molecule has 72 valence electrons. The van der Waals surface area contributed by atoms with Gasteiger partial charge in [-0.25, -0.2) is 0 Å². The maximum Gasteiger partial charge on any atom is 0.131 e. The van der Waals surface area contributed by atoms with Crippen molar-refractivity contribution < 1.29 is 4.79 Å². The Balaban J connectivity index is 3.95. The molecule has 0 amide bonds. The molecule has 0 aliphatic rings. The fraction of sp³-hybridized carbons (Fsp3) is 0.900. The molecule has 0 fully saturated rings. The second kappa shape index (κ2) is 5.31. The van der Waals surface area contributed by atoms with E-state index >= 15 is 0 Å². The van der Waals surface area contributed by atoms with Crippen molar-refractivity contribution in [3.63, 3.8) is 0 Å². The van der Waals surface area contributed by atoms with Crippen molar-refractivity contribution in [3.8, 4) is 0 Å². The van der Waals surface area contributed by atoms with Gasteiger partial charge in [-0.2, -0.15) is 0 Å². The first-order valence-corrected chi connectivity index (χ1v) is 4.69. The van der Waals surface area contributed by atoms with Crippen LogP contribution in [-0.2, 0) is 4.79 Å². The van der Waals surface area contributed by atoms with Crippen molar-refractivity contribution in [2.45, 2.75) is 53.1 Å². The number of hydrogen-bond acceptors (Lipinski definition) is 2. The minimum atomic E-state index is 0.266. The van der Waals surface area contributed by atoms with Crippen LogP contribution in [0.15, 0.2) is 0 Å². The fourth-order valence-electron chi connectivity index (χ4n) is 1.22. The molecule has 12 heavy (non-hydrogen) atoms. The first-order chi connectivity index (χ1) is 5.43. The molecule has 1 atom stereocenters. The monoisotopic (exact) mass is 171 g/mol. The Morgan fingerprint density at radius 2 is 1.75 bits per heavy atom. The van der Waals surface area contributed by atoms with Crippen LogP contribution in [0.4, 0.5) is 0 Å². The first kappa shape index (κ1) is 11.6. The zero-order valence-electron chi connectivity index (χ0n) is 8.85. The average Bonchev–Trinajstić information content (AvgIpc) is 1.83. The summed E-state index contributed by atoms with van der Waals surface area (Å²) in [5.74, 6) is 0.790. The van der Waals surface area contributed by atoms with E-state index in [2.05, 4.69) is 33.0 Å². The molecule has 1 N–H and O–H groups in total. The molecule has 0 aromatic heterocycles. The Kier molecular flexibility index (Phi) is 5.14. The zero-order chi connectivity index (χ0) is 9.72. The van der Waals surface area contributed by atoms with Crippen LogP contribution in [0, 0.1) is 5.92 Å². The number of carbonyl (C=O) groups is 1. The van der Waals surface area contributed by atoms with E-state index in [-0.39, 0.29) is 5.78 Å². The molecule has 0 spiro atoms. The Morgan fingerprint density at radius 3 is 2.00 bits per heavy atom. The lowest BCUT2D eigenvalue weighted by molar-refractivity contribution is -0.117. The third-order valence-corrected chi connectivity index (χ3v) is 1.86. The molecule has 0 aliphatic heterocycles. The van der Waals surface area contributed by atoms with Crippen LogP contribution >= 0.6 is 0 Å². The van der Waals surface area contributed by atoms with Gasteiger partial charge in [0.2, 0.25) is 0 Å². The number of hydrogen-bond donors (Lipinski definition) is 1. The fourth-order valence-corrected chi connectivity index (χ4v) is 1.22. The van der Waals surface area contributed by atoms with Crippen LogP contribution in [0.3, 0.4) is 0 Å². The van der Waals surface area contributed by atoms with Gasteiger partial charge in [0.05, 0.1) is 0 Å². The number of nitrogens with one attached hydrogen (secondary N) is 1. The van der Waals surface area contributed by atoms with Crippen LogP contribution in [0.1, 0.15) is 41.0 Å². The largest absolute Gasteiger partial charge is 0.311 e. The van der Waals surface area contributed by atoms with Crippen molar-refractivity contribution in [2.24, 2.45) is 5.92 Å². The van der Waals surface area contributed by atoms with Crippen LogP contribution in [0.25, 0.3) is 0 Å². The Labute approximate surface area is 75.7 Å². The summed E-state index contributed by atoms with van der Waals surface area (Å²) in [5.41, 5.74) is 0.